The standard InChI is InChI=1S/C23H26N2O3/c1-17-10-12-21(28-2)18(15-17)11-13-22(26)25-14-6-7-19(16-25)23(27)24-20-8-4-3-5-9-20/h3-5,8-13,15,19H,6-7,14,16H2,1-2H3,(H,24,27). The van der Waals surface area contributed by atoms with Crippen LogP contribution in [-0.2, 0) is 9.59 Å². The van der Waals surface area contributed by atoms with Gasteiger partial charge in [-0.25, -0.2) is 0 Å². The maximum absolute atomic E-state index is 12.6. The van der Waals surface area contributed by atoms with Crippen molar-refractivity contribution in [2.75, 3.05) is 25.5 Å². The largest absolute Gasteiger partial charge is 0.496 e. The highest BCUT2D eigenvalue weighted by molar-refractivity contribution is 5.95. The number of rotatable bonds is 5. The molecule has 1 fully saturated rings. The molecule has 146 valence electrons. The van der Waals surface area contributed by atoms with Crippen molar-refractivity contribution in [2.45, 2.75) is 19.8 Å². The monoisotopic (exact) mass is 378 g/mol. The van der Waals surface area contributed by atoms with E-state index in [0.29, 0.717) is 13.1 Å². The molecule has 1 unspecified atom stereocenters. The number of carbonyl (C=O) groups is 2. The molecule has 0 saturated carbocycles. The highest BCUT2D eigenvalue weighted by Gasteiger charge is 2.27. The van der Waals surface area contributed by atoms with Crippen molar-refractivity contribution >= 4 is 23.6 Å². The van der Waals surface area contributed by atoms with Gasteiger partial charge in [0.25, 0.3) is 0 Å². The molecule has 5 heteroatoms. The van der Waals surface area contributed by atoms with E-state index in [2.05, 4.69) is 5.32 Å². The maximum Gasteiger partial charge on any atom is 0.246 e. The lowest BCUT2D eigenvalue weighted by molar-refractivity contribution is -0.130. The molecule has 1 atom stereocenters. The van der Waals surface area contributed by atoms with Crippen LogP contribution >= 0.6 is 0 Å². The summed E-state index contributed by atoms with van der Waals surface area (Å²) in [5, 5.41) is 2.94. The van der Waals surface area contributed by atoms with Crippen LogP contribution in [0.1, 0.15) is 24.0 Å². The van der Waals surface area contributed by atoms with Crippen LogP contribution in [0.3, 0.4) is 0 Å². The summed E-state index contributed by atoms with van der Waals surface area (Å²) >= 11 is 0. The van der Waals surface area contributed by atoms with E-state index in [-0.39, 0.29) is 17.7 Å². The quantitative estimate of drug-likeness (QED) is 0.803. The number of ether oxygens (including phenoxy) is 1. The average molecular weight is 378 g/mol. The zero-order valence-corrected chi connectivity index (χ0v) is 16.4. The van der Waals surface area contributed by atoms with E-state index in [1.165, 1.54) is 0 Å². The summed E-state index contributed by atoms with van der Waals surface area (Å²) in [7, 11) is 1.62. The summed E-state index contributed by atoms with van der Waals surface area (Å²) in [5.74, 6) is 0.419. The molecule has 2 aromatic carbocycles. The molecular weight excluding hydrogens is 352 g/mol. The lowest BCUT2D eigenvalue weighted by atomic mass is 9.97. The van der Waals surface area contributed by atoms with E-state index in [1.807, 2.05) is 55.5 Å². The SMILES string of the molecule is COc1ccc(C)cc1C=CC(=O)N1CCCC(C(=O)Nc2ccccc2)C1. The Balaban J connectivity index is 1.63. The molecule has 0 aromatic heterocycles. The van der Waals surface area contributed by atoms with E-state index < -0.39 is 0 Å². The van der Waals surface area contributed by atoms with Gasteiger partial charge in [-0.3, -0.25) is 9.59 Å². The Morgan fingerprint density at radius 1 is 1.18 bits per heavy atom. The van der Waals surface area contributed by atoms with Crippen molar-refractivity contribution in [3.63, 3.8) is 0 Å². The fraction of sp³-hybridized carbons (Fsp3) is 0.304. The number of amides is 2. The first-order chi connectivity index (χ1) is 13.6. The first-order valence-electron chi connectivity index (χ1n) is 9.54. The number of likely N-dealkylation sites (tertiary alicyclic amines) is 1. The Bertz CT molecular complexity index is 861. The highest BCUT2D eigenvalue weighted by atomic mass is 16.5. The van der Waals surface area contributed by atoms with E-state index >= 15 is 0 Å². The molecule has 0 bridgehead atoms. The predicted molar refractivity (Wildman–Crippen MR) is 111 cm³/mol. The number of methoxy groups -OCH3 is 1. The van der Waals surface area contributed by atoms with Crippen molar-refractivity contribution in [3.05, 3.63) is 65.7 Å². The second-order valence-electron chi connectivity index (χ2n) is 7.06. The lowest BCUT2D eigenvalue weighted by Gasteiger charge is -2.31. The molecule has 1 saturated heterocycles. The van der Waals surface area contributed by atoms with Crippen LogP contribution in [-0.4, -0.2) is 36.9 Å². The Kier molecular flexibility index (Phi) is 6.48. The van der Waals surface area contributed by atoms with Gasteiger partial charge in [0.15, 0.2) is 0 Å². The summed E-state index contributed by atoms with van der Waals surface area (Å²) in [5.41, 5.74) is 2.75. The second kappa shape index (κ2) is 9.22. The van der Waals surface area contributed by atoms with Crippen molar-refractivity contribution < 1.29 is 14.3 Å². The summed E-state index contributed by atoms with van der Waals surface area (Å²) in [6, 6.07) is 15.3. The van der Waals surface area contributed by atoms with Gasteiger partial charge < -0.3 is 15.0 Å². The van der Waals surface area contributed by atoms with Crippen LogP contribution in [0.2, 0.25) is 0 Å². The lowest BCUT2D eigenvalue weighted by Crippen LogP contribution is -2.43. The number of anilines is 1. The van der Waals surface area contributed by atoms with Gasteiger partial charge in [0.05, 0.1) is 13.0 Å². The van der Waals surface area contributed by atoms with Crippen LogP contribution in [0.4, 0.5) is 5.69 Å². The topological polar surface area (TPSA) is 58.6 Å². The fourth-order valence-electron chi connectivity index (χ4n) is 3.41. The molecule has 2 aromatic rings. The van der Waals surface area contributed by atoms with Crippen molar-refractivity contribution in [1.29, 1.82) is 0 Å². The molecule has 2 amide bonds. The zero-order chi connectivity index (χ0) is 19.9. The Morgan fingerprint density at radius 2 is 1.96 bits per heavy atom. The van der Waals surface area contributed by atoms with Gasteiger partial charge >= 0.3 is 0 Å². The summed E-state index contributed by atoms with van der Waals surface area (Å²) in [6.45, 7) is 3.11. The number of benzene rings is 2. The smallest absolute Gasteiger partial charge is 0.246 e. The number of nitrogens with zero attached hydrogens (tertiary/aromatic N) is 1. The van der Waals surface area contributed by atoms with Crippen LogP contribution < -0.4 is 10.1 Å². The second-order valence-corrected chi connectivity index (χ2v) is 7.06. The first kappa shape index (κ1) is 19.7. The molecule has 0 aliphatic carbocycles. The van der Waals surface area contributed by atoms with Crippen LogP contribution in [0.5, 0.6) is 5.75 Å². The molecule has 1 aliphatic rings. The van der Waals surface area contributed by atoms with Crippen LogP contribution in [0, 0.1) is 12.8 Å². The van der Waals surface area contributed by atoms with Crippen molar-refractivity contribution in [1.82, 2.24) is 4.90 Å². The fourth-order valence-corrected chi connectivity index (χ4v) is 3.41. The number of piperidine rings is 1. The molecule has 0 spiro atoms. The van der Waals surface area contributed by atoms with E-state index in [1.54, 1.807) is 24.2 Å². The number of nitrogens with one attached hydrogen (secondary N) is 1. The van der Waals surface area contributed by atoms with Gasteiger partial charge in [-0.1, -0.05) is 29.8 Å². The third kappa shape index (κ3) is 5.00. The van der Waals surface area contributed by atoms with Gasteiger partial charge in [0.2, 0.25) is 11.8 Å². The van der Waals surface area contributed by atoms with Crippen molar-refractivity contribution in [3.8, 4) is 5.75 Å². The summed E-state index contributed by atoms with van der Waals surface area (Å²) in [4.78, 5) is 26.9. The van der Waals surface area contributed by atoms with Gasteiger partial charge in [-0.15, -0.1) is 0 Å². The average Bonchev–Trinajstić information content (AvgIpc) is 2.73. The normalized spacial score (nSPS) is 16.8. The predicted octanol–water partition coefficient (Wildman–Crippen LogP) is 3.89. The van der Waals surface area contributed by atoms with Gasteiger partial charge in [-0.2, -0.15) is 0 Å². The van der Waals surface area contributed by atoms with E-state index in [9.17, 15) is 9.59 Å². The number of carbonyl (C=O) groups excluding carboxylic acids is 2. The van der Waals surface area contributed by atoms with Crippen LogP contribution in [0.25, 0.3) is 6.08 Å². The minimum absolute atomic E-state index is 0.0342. The third-order valence-corrected chi connectivity index (χ3v) is 4.94. The molecule has 1 aliphatic heterocycles. The number of aryl methyl sites for hydroxylation is 1. The highest BCUT2D eigenvalue weighted by Crippen LogP contribution is 2.22. The van der Waals surface area contributed by atoms with E-state index in [4.69, 9.17) is 4.74 Å². The van der Waals surface area contributed by atoms with Crippen LogP contribution in [0.15, 0.2) is 54.6 Å². The molecule has 0 radical (unpaired) electrons. The summed E-state index contributed by atoms with van der Waals surface area (Å²) < 4.78 is 5.35. The number of para-hydroxylation sites is 1. The Hall–Kier alpha value is -3.08. The Morgan fingerprint density at radius 3 is 2.71 bits per heavy atom. The summed E-state index contributed by atoms with van der Waals surface area (Å²) in [6.07, 6.45) is 4.95. The number of hydrogen-bond donors (Lipinski definition) is 1. The Labute approximate surface area is 166 Å². The first-order valence-corrected chi connectivity index (χ1v) is 9.54. The molecule has 28 heavy (non-hydrogen) atoms. The molecular formula is C23H26N2O3. The van der Waals surface area contributed by atoms with Gasteiger partial charge in [-0.05, 0) is 50.1 Å². The van der Waals surface area contributed by atoms with Gasteiger partial charge in [0, 0.05) is 30.4 Å². The maximum atomic E-state index is 12.6. The molecule has 3 rings (SSSR count). The van der Waals surface area contributed by atoms with Gasteiger partial charge in [0.1, 0.15) is 5.75 Å². The van der Waals surface area contributed by atoms with E-state index in [0.717, 1.165) is 35.4 Å². The minimum atomic E-state index is -0.195. The number of hydrogen-bond acceptors (Lipinski definition) is 3. The molecule has 5 nitrogen and oxygen atoms in total. The molecule has 1 N–H and O–H groups in total. The minimum Gasteiger partial charge on any atom is -0.496 e. The molecule has 1 heterocycles. The third-order valence-electron chi connectivity index (χ3n) is 4.94. The zero-order valence-electron chi connectivity index (χ0n) is 16.4. The van der Waals surface area contributed by atoms with Crippen molar-refractivity contribution in [2.24, 2.45) is 5.92 Å².